The van der Waals surface area contributed by atoms with Crippen molar-refractivity contribution in [3.63, 3.8) is 0 Å². The van der Waals surface area contributed by atoms with Crippen LogP contribution in [0.2, 0.25) is 0 Å². The normalized spacial score (nSPS) is 9.40. The van der Waals surface area contributed by atoms with Crippen molar-refractivity contribution in [1.82, 2.24) is 4.98 Å². The molecule has 0 aliphatic heterocycles. The molecule has 15 heavy (non-hydrogen) atoms. The van der Waals surface area contributed by atoms with E-state index in [1.807, 2.05) is 6.07 Å². The first kappa shape index (κ1) is 11.0. The Morgan fingerprint density at radius 2 is 2.33 bits per heavy atom. The lowest BCUT2D eigenvalue weighted by Gasteiger charge is -2.15. The van der Waals surface area contributed by atoms with Crippen LogP contribution in [0.4, 0.5) is 5.82 Å². The van der Waals surface area contributed by atoms with Crippen LogP contribution in [0.15, 0.2) is 12.1 Å². The first-order valence-electron chi connectivity index (χ1n) is 4.35. The molecule has 0 atom stereocenters. The van der Waals surface area contributed by atoms with Crippen molar-refractivity contribution in [3.05, 3.63) is 23.4 Å². The molecule has 0 amide bonds. The Balaban J connectivity index is 2.93. The number of pyridine rings is 1. The largest absolute Gasteiger partial charge is 0.480 e. The summed E-state index contributed by atoms with van der Waals surface area (Å²) in [5.41, 5.74) is 1.11. The molecule has 5 nitrogen and oxygen atoms in total. The lowest BCUT2D eigenvalue weighted by molar-refractivity contribution is -0.135. The van der Waals surface area contributed by atoms with Crippen molar-refractivity contribution < 1.29 is 9.90 Å². The number of anilines is 1. The van der Waals surface area contributed by atoms with Crippen LogP contribution in [0.3, 0.4) is 0 Å². The summed E-state index contributed by atoms with van der Waals surface area (Å²) >= 11 is 0. The third-order valence-electron chi connectivity index (χ3n) is 1.96. The Bertz CT molecular complexity index is 423. The minimum Gasteiger partial charge on any atom is -0.480 e. The van der Waals surface area contributed by atoms with E-state index in [0.717, 1.165) is 0 Å². The van der Waals surface area contributed by atoms with E-state index >= 15 is 0 Å². The van der Waals surface area contributed by atoms with Crippen LogP contribution < -0.4 is 4.90 Å². The molecule has 0 fully saturated rings. The summed E-state index contributed by atoms with van der Waals surface area (Å²) in [6.45, 7) is 1.61. The molecule has 0 bridgehead atoms. The van der Waals surface area contributed by atoms with Crippen LogP contribution in [-0.2, 0) is 4.79 Å². The summed E-state index contributed by atoms with van der Waals surface area (Å²) in [4.78, 5) is 16.1. The van der Waals surface area contributed by atoms with Gasteiger partial charge in [0.25, 0.3) is 0 Å². The second-order valence-corrected chi connectivity index (χ2v) is 3.16. The fourth-order valence-corrected chi connectivity index (χ4v) is 1.16. The van der Waals surface area contributed by atoms with Crippen molar-refractivity contribution in [2.24, 2.45) is 0 Å². The molecule has 0 aliphatic carbocycles. The van der Waals surface area contributed by atoms with Crippen LogP contribution >= 0.6 is 0 Å². The van der Waals surface area contributed by atoms with E-state index < -0.39 is 5.97 Å². The minimum atomic E-state index is -0.915. The Hall–Kier alpha value is -2.09. The van der Waals surface area contributed by atoms with E-state index in [-0.39, 0.29) is 6.54 Å². The van der Waals surface area contributed by atoms with Crippen LogP contribution in [0.25, 0.3) is 0 Å². The van der Waals surface area contributed by atoms with Gasteiger partial charge in [0.1, 0.15) is 18.4 Å². The molecule has 5 heteroatoms. The molecule has 78 valence electrons. The lowest BCUT2D eigenvalue weighted by Crippen LogP contribution is -2.26. The zero-order chi connectivity index (χ0) is 11.4. The SMILES string of the molecule is Cc1nc(N(C)CC(=O)O)ccc1C#N. The quantitative estimate of drug-likeness (QED) is 0.789. The molecule has 0 aliphatic rings. The van der Waals surface area contributed by atoms with Crippen molar-refractivity contribution in [3.8, 4) is 6.07 Å². The Kier molecular flexibility index (Phi) is 3.24. The highest BCUT2D eigenvalue weighted by molar-refractivity contribution is 5.73. The number of rotatable bonds is 3. The fraction of sp³-hybridized carbons (Fsp3) is 0.300. The van der Waals surface area contributed by atoms with Crippen LogP contribution in [0.1, 0.15) is 11.3 Å². The lowest BCUT2D eigenvalue weighted by atomic mass is 10.2. The molecule has 1 aromatic rings. The molecule has 0 aromatic carbocycles. The van der Waals surface area contributed by atoms with Crippen LogP contribution in [0, 0.1) is 18.3 Å². The summed E-state index contributed by atoms with van der Waals surface area (Å²) in [5.74, 6) is -0.366. The second-order valence-electron chi connectivity index (χ2n) is 3.16. The second kappa shape index (κ2) is 4.42. The number of nitrogens with zero attached hydrogens (tertiary/aromatic N) is 3. The maximum atomic E-state index is 10.5. The molecule has 0 radical (unpaired) electrons. The average Bonchev–Trinajstić information content (AvgIpc) is 2.16. The zero-order valence-corrected chi connectivity index (χ0v) is 8.56. The number of aliphatic carboxylic acids is 1. The van der Waals surface area contributed by atoms with Gasteiger partial charge in [0.2, 0.25) is 0 Å². The number of carbonyl (C=O) groups is 1. The van der Waals surface area contributed by atoms with Gasteiger partial charge in [-0.05, 0) is 19.1 Å². The number of aromatic nitrogens is 1. The van der Waals surface area contributed by atoms with Gasteiger partial charge in [-0.15, -0.1) is 0 Å². The Morgan fingerprint density at radius 1 is 1.67 bits per heavy atom. The van der Waals surface area contributed by atoms with E-state index in [2.05, 4.69) is 4.98 Å². The third-order valence-corrected chi connectivity index (χ3v) is 1.96. The van der Waals surface area contributed by atoms with Gasteiger partial charge >= 0.3 is 5.97 Å². The molecule has 1 N–H and O–H groups in total. The molecule has 1 aromatic heterocycles. The zero-order valence-electron chi connectivity index (χ0n) is 8.56. The molecule has 1 rings (SSSR count). The highest BCUT2D eigenvalue weighted by atomic mass is 16.4. The summed E-state index contributed by atoms with van der Waals surface area (Å²) < 4.78 is 0. The highest BCUT2D eigenvalue weighted by Crippen LogP contribution is 2.12. The van der Waals surface area contributed by atoms with Crippen molar-refractivity contribution >= 4 is 11.8 Å². The molecule has 0 saturated carbocycles. The van der Waals surface area contributed by atoms with E-state index in [1.54, 1.807) is 26.1 Å². The topological polar surface area (TPSA) is 77.2 Å². The van der Waals surface area contributed by atoms with Crippen molar-refractivity contribution in [2.75, 3.05) is 18.5 Å². The fourth-order valence-electron chi connectivity index (χ4n) is 1.16. The average molecular weight is 205 g/mol. The molecular formula is C10H11N3O2. The highest BCUT2D eigenvalue weighted by Gasteiger charge is 2.08. The van der Waals surface area contributed by atoms with Crippen molar-refractivity contribution in [1.29, 1.82) is 5.26 Å². The number of carboxylic acids is 1. The molecule has 0 unspecified atom stereocenters. The van der Waals surface area contributed by atoms with E-state index in [4.69, 9.17) is 10.4 Å². The van der Waals surface area contributed by atoms with Crippen LogP contribution in [0.5, 0.6) is 0 Å². The molecular weight excluding hydrogens is 194 g/mol. The Morgan fingerprint density at radius 3 is 2.80 bits per heavy atom. The van der Waals surface area contributed by atoms with Crippen molar-refractivity contribution in [2.45, 2.75) is 6.92 Å². The van der Waals surface area contributed by atoms with Gasteiger partial charge in [0.15, 0.2) is 0 Å². The van der Waals surface area contributed by atoms with Gasteiger partial charge in [-0.2, -0.15) is 5.26 Å². The third kappa shape index (κ3) is 2.68. The van der Waals surface area contributed by atoms with E-state index in [1.165, 1.54) is 4.90 Å². The minimum absolute atomic E-state index is 0.113. The predicted molar refractivity (Wildman–Crippen MR) is 54.6 cm³/mol. The predicted octanol–water partition coefficient (Wildman–Crippen LogP) is 0.782. The number of aryl methyl sites for hydroxylation is 1. The number of likely N-dealkylation sites (N-methyl/N-ethyl adjacent to an activating group) is 1. The van der Waals surface area contributed by atoms with Gasteiger partial charge in [-0.25, -0.2) is 4.98 Å². The molecule has 0 saturated heterocycles. The summed E-state index contributed by atoms with van der Waals surface area (Å²) in [7, 11) is 1.64. The smallest absolute Gasteiger partial charge is 0.323 e. The van der Waals surface area contributed by atoms with Gasteiger partial charge in [0, 0.05) is 7.05 Å². The Labute approximate surface area is 87.6 Å². The summed E-state index contributed by atoms with van der Waals surface area (Å²) in [5, 5.41) is 17.3. The first-order valence-corrected chi connectivity index (χ1v) is 4.35. The van der Waals surface area contributed by atoms with Gasteiger partial charge < -0.3 is 10.0 Å². The molecule has 0 spiro atoms. The maximum absolute atomic E-state index is 10.5. The summed E-state index contributed by atoms with van der Waals surface area (Å²) in [6.07, 6.45) is 0. The molecule has 1 heterocycles. The maximum Gasteiger partial charge on any atom is 0.323 e. The van der Waals surface area contributed by atoms with Gasteiger partial charge in [-0.1, -0.05) is 0 Å². The van der Waals surface area contributed by atoms with E-state index in [9.17, 15) is 4.79 Å². The standard InChI is InChI=1S/C10H11N3O2/c1-7-8(5-11)3-4-9(12-7)13(2)6-10(14)15/h3-4H,6H2,1-2H3,(H,14,15). The first-order chi connectivity index (χ1) is 7.04. The number of carboxylic acid groups (broad SMARTS) is 1. The summed E-state index contributed by atoms with van der Waals surface area (Å²) in [6, 6.07) is 5.27. The van der Waals surface area contributed by atoms with Gasteiger partial charge in [-0.3, -0.25) is 4.79 Å². The number of hydrogen-bond donors (Lipinski definition) is 1. The van der Waals surface area contributed by atoms with Crippen LogP contribution in [-0.4, -0.2) is 29.7 Å². The number of nitriles is 1. The van der Waals surface area contributed by atoms with E-state index in [0.29, 0.717) is 17.1 Å². The van der Waals surface area contributed by atoms with Gasteiger partial charge in [0.05, 0.1) is 11.3 Å². The monoisotopic (exact) mass is 205 g/mol. The number of hydrogen-bond acceptors (Lipinski definition) is 4.